The van der Waals surface area contributed by atoms with Gasteiger partial charge in [0, 0.05) is 0 Å². The number of nitrogens with zero attached hydrogens (tertiary/aromatic N) is 4. The average molecular weight is 407 g/mol. The largest absolute Gasteiger partial charge is 0.495 e. The molecule has 0 aromatic heterocycles. The standard InChI is InChI=1S/C21H21N5O4/c1-3-13-8-10-14(11-9-13)26-20(28)18-19(21(26)29)25(24-23-18)12-17(27)22-15-6-4-5-7-16(15)30-2/h4-11,18-19H,3,12H2,1-2H3,(H,22,27)/t18-,19+/m0/s1. The lowest BCUT2D eigenvalue weighted by atomic mass is 10.1. The van der Waals surface area contributed by atoms with E-state index < -0.39 is 29.8 Å². The first-order valence-corrected chi connectivity index (χ1v) is 9.60. The van der Waals surface area contributed by atoms with Gasteiger partial charge in [-0.2, -0.15) is 5.11 Å². The second kappa shape index (κ2) is 7.94. The summed E-state index contributed by atoms with van der Waals surface area (Å²) in [6.45, 7) is 1.81. The van der Waals surface area contributed by atoms with E-state index in [1.165, 1.54) is 12.1 Å². The second-order valence-electron chi connectivity index (χ2n) is 6.97. The number of fused-ring (bicyclic) bond motifs is 1. The number of aryl methyl sites for hydroxylation is 1. The highest BCUT2D eigenvalue weighted by atomic mass is 16.5. The molecule has 2 aliphatic rings. The number of hydrogen-bond acceptors (Lipinski definition) is 7. The van der Waals surface area contributed by atoms with E-state index in [2.05, 4.69) is 15.7 Å². The van der Waals surface area contributed by atoms with Crippen molar-refractivity contribution >= 4 is 29.1 Å². The Morgan fingerprint density at radius 1 is 1.10 bits per heavy atom. The summed E-state index contributed by atoms with van der Waals surface area (Å²) in [5.41, 5.74) is 2.10. The number of nitrogens with one attached hydrogen (secondary N) is 1. The Labute approximate surface area is 173 Å². The quantitative estimate of drug-likeness (QED) is 0.740. The van der Waals surface area contributed by atoms with Gasteiger partial charge in [0.1, 0.15) is 12.3 Å². The number of benzene rings is 2. The van der Waals surface area contributed by atoms with E-state index in [0.29, 0.717) is 17.1 Å². The van der Waals surface area contributed by atoms with Crippen LogP contribution in [0.15, 0.2) is 58.9 Å². The number of amides is 3. The van der Waals surface area contributed by atoms with Gasteiger partial charge in [0.15, 0.2) is 12.1 Å². The van der Waals surface area contributed by atoms with Crippen molar-refractivity contribution in [3.05, 3.63) is 54.1 Å². The van der Waals surface area contributed by atoms with Crippen LogP contribution in [0.2, 0.25) is 0 Å². The number of methoxy groups -OCH3 is 1. The van der Waals surface area contributed by atoms with Crippen LogP contribution in [0, 0.1) is 0 Å². The van der Waals surface area contributed by atoms with Crippen molar-refractivity contribution in [2.75, 3.05) is 23.9 Å². The van der Waals surface area contributed by atoms with Crippen molar-refractivity contribution in [2.45, 2.75) is 25.4 Å². The van der Waals surface area contributed by atoms with E-state index >= 15 is 0 Å². The molecule has 2 aromatic rings. The van der Waals surface area contributed by atoms with Crippen molar-refractivity contribution < 1.29 is 19.1 Å². The van der Waals surface area contributed by atoms with Crippen molar-refractivity contribution in [3.63, 3.8) is 0 Å². The predicted molar refractivity (Wildman–Crippen MR) is 109 cm³/mol. The average Bonchev–Trinajstić information content (AvgIpc) is 3.28. The van der Waals surface area contributed by atoms with Crippen LogP contribution in [-0.4, -0.2) is 48.5 Å². The molecule has 154 valence electrons. The Balaban J connectivity index is 1.48. The van der Waals surface area contributed by atoms with Gasteiger partial charge in [-0.15, -0.1) is 0 Å². The molecule has 9 nitrogen and oxygen atoms in total. The topological polar surface area (TPSA) is 104 Å². The molecule has 2 heterocycles. The minimum absolute atomic E-state index is 0.218. The minimum Gasteiger partial charge on any atom is -0.495 e. The predicted octanol–water partition coefficient (Wildman–Crippen LogP) is 2.19. The van der Waals surface area contributed by atoms with Crippen LogP contribution in [0.25, 0.3) is 0 Å². The van der Waals surface area contributed by atoms with Crippen molar-refractivity contribution in [3.8, 4) is 5.75 Å². The van der Waals surface area contributed by atoms with Crippen LogP contribution in [0.1, 0.15) is 12.5 Å². The molecule has 3 amide bonds. The Kier molecular flexibility index (Phi) is 5.18. The van der Waals surface area contributed by atoms with Gasteiger partial charge < -0.3 is 10.1 Å². The van der Waals surface area contributed by atoms with Gasteiger partial charge in [0.25, 0.3) is 11.8 Å². The minimum atomic E-state index is -0.942. The van der Waals surface area contributed by atoms with E-state index in [1.54, 1.807) is 36.4 Å². The van der Waals surface area contributed by atoms with Gasteiger partial charge in [0.05, 0.1) is 18.5 Å². The van der Waals surface area contributed by atoms with Crippen LogP contribution >= 0.6 is 0 Å². The lowest BCUT2D eigenvalue weighted by Crippen LogP contribution is -2.43. The fourth-order valence-corrected chi connectivity index (χ4v) is 3.57. The lowest BCUT2D eigenvalue weighted by Gasteiger charge is -2.20. The maximum absolute atomic E-state index is 13.0. The third kappa shape index (κ3) is 3.38. The fourth-order valence-electron chi connectivity index (χ4n) is 3.57. The van der Waals surface area contributed by atoms with Crippen LogP contribution in [0.3, 0.4) is 0 Å². The van der Waals surface area contributed by atoms with Crippen LogP contribution in [-0.2, 0) is 20.8 Å². The van der Waals surface area contributed by atoms with E-state index in [9.17, 15) is 14.4 Å². The first kappa shape index (κ1) is 19.6. The summed E-state index contributed by atoms with van der Waals surface area (Å²) in [4.78, 5) is 39.4. The van der Waals surface area contributed by atoms with Gasteiger partial charge in [-0.05, 0) is 36.2 Å². The highest BCUT2D eigenvalue weighted by Crippen LogP contribution is 2.32. The first-order valence-electron chi connectivity index (χ1n) is 9.60. The zero-order valence-corrected chi connectivity index (χ0v) is 16.6. The summed E-state index contributed by atoms with van der Waals surface area (Å²) < 4.78 is 5.22. The molecule has 0 saturated carbocycles. The van der Waals surface area contributed by atoms with E-state index in [4.69, 9.17) is 4.74 Å². The van der Waals surface area contributed by atoms with E-state index in [-0.39, 0.29) is 6.54 Å². The van der Waals surface area contributed by atoms with Crippen LogP contribution in [0.5, 0.6) is 5.75 Å². The summed E-state index contributed by atoms with van der Waals surface area (Å²) in [7, 11) is 1.51. The molecular formula is C21H21N5O4. The molecule has 1 fully saturated rings. The van der Waals surface area contributed by atoms with Crippen molar-refractivity contribution in [2.24, 2.45) is 10.3 Å². The third-order valence-electron chi connectivity index (χ3n) is 5.15. The first-order chi connectivity index (χ1) is 14.5. The number of hydrogen-bond donors (Lipinski definition) is 1. The molecule has 1 saturated heterocycles. The monoisotopic (exact) mass is 407 g/mol. The number of carbonyl (C=O) groups excluding carboxylic acids is 3. The highest BCUT2D eigenvalue weighted by Gasteiger charge is 2.55. The molecular weight excluding hydrogens is 386 g/mol. The molecule has 9 heteroatoms. The van der Waals surface area contributed by atoms with E-state index in [0.717, 1.165) is 16.9 Å². The number of ether oxygens (including phenoxy) is 1. The fraction of sp³-hybridized carbons (Fsp3) is 0.286. The summed E-state index contributed by atoms with van der Waals surface area (Å²) in [5.74, 6) is -0.763. The summed E-state index contributed by atoms with van der Waals surface area (Å²) >= 11 is 0. The molecule has 0 bridgehead atoms. The number of anilines is 2. The Morgan fingerprint density at radius 2 is 1.83 bits per heavy atom. The van der Waals surface area contributed by atoms with Gasteiger partial charge in [-0.3, -0.25) is 19.4 Å². The number of imide groups is 1. The summed E-state index contributed by atoms with van der Waals surface area (Å²) in [6, 6.07) is 12.4. The molecule has 0 spiro atoms. The Bertz CT molecular complexity index is 1020. The third-order valence-corrected chi connectivity index (χ3v) is 5.15. The Hall–Kier alpha value is -3.75. The molecule has 2 aromatic carbocycles. The number of para-hydroxylation sites is 2. The SMILES string of the molecule is CCc1ccc(N2C(=O)[C@H]3N=NN(CC(=O)Nc4ccccc4OC)[C@H]3C2=O)cc1. The molecule has 30 heavy (non-hydrogen) atoms. The van der Waals surface area contributed by atoms with E-state index in [1.807, 2.05) is 19.1 Å². The van der Waals surface area contributed by atoms with Crippen LogP contribution < -0.4 is 15.0 Å². The zero-order chi connectivity index (χ0) is 21.3. The normalized spacial score (nSPS) is 19.9. The maximum Gasteiger partial charge on any atom is 0.263 e. The molecule has 1 N–H and O–H groups in total. The zero-order valence-electron chi connectivity index (χ0n) is 16.6. The molecule has 0 radical (unpaired) electrons. The van der Waals surface area contributed by atoms with Gasteiger partial charge in [-0.25, -0.2) is 4.90 Å². The lowest BCUT2D eigenvalue weighted by molar-refractivity contribution is -0.123. The molecule has 4 rings (SSSR count). The molecule has 0 unspecified atom stereocenters. The molecule has 2 atom stereocenters. The van der Waals surface area contributed by atoms with Gasteiger partial charge >= 0.3 is 0 Å². The summed E-state index contributed by atoms with van der Waals surface area (Å²) in [5, 5.41) is 11.8. The van der Waals surface area contributed by atoms with Gasteiger partial charge in [0.2, 0.25) is 5.91 Å². The van der Waals surface area contributed by atoms with Crippen molar-refractivity contribution in [1.29, 1.82) is 0 Å². The second-order valence-corrected chi connectivity index (χ2v) is 6.97. The highest BCUT2D eigenvalue weighted by molar-refractivity contribution is 6.25. The van der Waals surface area contributed by atoms with Crippen molar-refractivity contribution in [1.82, 2.24) is 5.01 Å². The van der Waals surface area contributed by atoms with Crippen LogP contribution in [0.4, 0.5) is 11.4 Å². The maximum atomic E-state index is 13.0. The molecule has 2 aliphatic heterocycles. The smallest absolute Gasteiger partial charge is 0.263 e. The summed E-state index contributed by atoms with van der Waals surface area (Å²) in [6.07, 6.45) is 0.858. The number of carbonyl (C=O) groups is 3. The Morgan fingerprint density at radius 3 is 2.53 bits per heavy atom. The molecule has 0 aliphatic carbocycles. The number of rotatable bonds is 6. The van der Waals surface area contributed by atoms with Gasteiger partial charge in [-0.1, -0.05) is 36.4 Å².